The van der Waals surface area contributed by atoms with Crippen molar-refractivity contribution < 1.29 is 4.79 Å². The van der Waals surface area contributed by atoms with Gasteiger partial charge >= 0.3 is 0 Å². The average molecular weight is 316 g/mol. The van der Waals surface area contributed by atoms with Crippen LogP contribution in [-0.4, -0.2) is 38.8 Å². The highest BCUT2D eigenvalue weighted by Crippen LogP contribution is 2.37. The van der Waals surface area contributed by atoms with Crippen molar-refractivity contribution in [1.29, 1.82) is 0 Å². The summed E-state index contributed by atoms with van der Waals surface area (Å²) in [6.45, 7) is 7.63. The molecule has 0 radical (unpaired) electrons. The number of hydrogen-bond donors (Lipinski definition) is 0. The molecule has 2 aromatic rings. The maximum Gasteiger partial charge on any atom is 0.272 e. The Morgan fingerprint density at radius 3 is 2.59 bits per heavy atom. The second kappa shape index (κ2) is 5.76. The molecule has 0 atom stereocenters. The molecule has 1 aliphatic heterocycles. The van der Waals surface area contributed by atoms with Crippen molar-refractivity contribution in [3.63, 3.8) is 0 Å². The maximum atomic E-state index is 12.5. The minimum Gasteiger partial charge on any atom is -0.337 e. The first-order valence-electron chi connectivity index (χ1n) is 7.50. The van der Waals surface area contributed by atoms with Crippen LogP contribution >= 0.6 is 11.3 Å². The van der Waals surface area contributed by atoms with Crippen molar-refractivity contribution in [3.05, 3.63) is 39.9 Å². The second-order valence-corrected chi connectivity index (χ2v) is 7.35. The van der Waals surface area contributed by atoms with E-state index in [-0.39, 0.29) is 11.3 Å². The zero-order valence-corrected chi connectivity index (χ0v) is 14.0. The van der Waals surface area contributed by atoms with Gasteiger partial charge in [0.1, 0.15) is 11.5 Å². The van der Waals surface area contributed by atoms with Crippen LogP contribution in [0.3, 0.4) is 0 Å². The quantitative estimate of drug-likeness (QED) is 0.855. The number of likely N-dealkylation sites (tertiary alicyclic amines) is 1. The molecule has 1 aliphatic rings. The molecule has 1 saturated heterocycles. The second-order valence-electron chi connectivity index (χ2n) is 6.12. The van der Waals surface area contributed by atoms with Gasteiger partial charge in [0, 0.05) is 35.8 Å². The van der Waals surface area contributed by atoms with E-state index in [2.05, 4.69) is 28.8 Å². The smallest absolute Gasteiger partial charge is 0.272 e. The largest absolute Gasteiger partial charge is 0.337 e. The normalized spacial score (nSPS) is 17.5. The van der Waals surface area contributed by atoms with Crippen LogP contribution in [0.25, 0.3) is 0 Å². The number of carbonyl (C=O) groups is 1. The van der Waals surface area contributed by atoms with E-state index in [0.717, 1.165) is 25.9 Å². The van der Waals surface area contributed by atoms with E-state index >= 15 is 0 Å². The lowest BCUT2D eigenvalue weighted by molar-refractivity contribution is 0.0669. The summed E-state index contributed by atoms with van der Waals surface area (Å²) in [4.78, 5) is 28.5. The highest BCUT2D eigenvalue weighted by molar-refractivity contribution is 7.11. The molecule has 1 fully saturated rings. The Bertz CT molecular complexity index is 689. The molecule has 1 amide bonds. The van der Waals surface area contributed by atoms with Gasteiger partial charge in [-0.05, 0) is 32.8 Å². The van der Waals surface area contributed by atoms with Crippen molar-refractivity contribution in [1.82, 2.24) is 19.9 Å². The zero-order valence-electron chi connectivity index (χ0n) is 13.2. The van der Waals surface area contributed by atoms with Crippen LogP contribution in [0.5, 0.6) is 0 Å². The van der Waals surface area contributed by atoms with Crippen LogP contribution in [-0.2, 0) is 5.41 Å². The number of aryl methyl sites for hydroxylation is 2. The summed E-state index contributed by atoms with van der Waals surface area (Å²) in [5.41, 5.74) is 0.568. The number of carbonyl (C=O) groups excluding carboxylic acids is 1. The van der Waals surface area contributed by atoms with Crippen molar-refractivity contribution in [2.75, 3.05) is 13.1 Å². The Labute approximate surface area is 134 Å². The number of hydrogen-bond acceptors (Lipinski definition) is 5. The molecule has 0 aliphatic carbocycles. The number of rotatable bonds is 2. The Morgan fingerprint density at radius 1 is 1.27 bits per heavy atom. The molecule has 3 heterocycles. The summed E-state index contributed by atoms with van der Waals surface area (Å²) in [7, 11) is 0. The van der Waals surface area contributed by atoms with Crippen molar-refractivity contribution in [2.24, 2.45) is 0 Å². The molecule has 2 aromatic heterocycles. The summed E-state index contributed by atoms with van der Waals surface area (Å²) in [5.74, 6) is 0.633. The number of piperidine rings is 1. The van der Waals surface area contributed by atoms with Gasteiger partial charge in [-0.15, -0.1) is 11.3 Å². The fourth-order valence-corrected chi connectivity index (χ4v) is 3.75. The number of thiazole rings is 1. The number of amides is 1. The molecule has 3 rings (SSSR count). The molecule has 0 saturated carbocycles. The summed E-state index contributed by atoms with van der Waals surface area (Å²) in [5, 5.41) is 1.19. The fourth-order valence-electron chi connectivity index (χ4n) is 2.79. The third-order valence-electron chi connectivity index (χ3n) is 4.29. The van der Waals surface area contributed by atoms with Crippen LogP contribution in [0.15, 0.2) is 18.5 Å². The monoisotopic (exact) mass is 316 g/mol. The predicted molar refractivity (Wildman–Crippen MR) is 86.1 cm³/mol. The first-order valence-corrected chi connectivity index (χ1v) is 8.31. The molecule has 5 nitrogen and oxygen atoms in total. The van der Waals surface area contributed by atoms with Gasteiger partial charge < -0.3 is 4.90 Å². The summed E-state index contributed by atoms with van der Waals surface area (Å²) >= 11 is 1.77. The molecule has 0 bridgehead atoms. The minimum atomic E-state index is 0.00266. The Kier molecular flexibility index (Phi) is 3.95. The highest BCUT2D eigenvalue weighted by atomic mass is 32.1. The standard InChI is InChI=1S/C16H20N4OS/c1-11-10-18-15(22-11)16(3)5-8-20(9-6-16)14(21)13-4-7-17-12(2)19-13/h4,7,10H,5-6,8-9H2,1-3H3. The SMILES string of the molecule is Cc1nccc(C(=O)N2CCC(C)(c3ncc(C)s3)CC2)n1. The van der Waals surface area contributed by atoms with Crippen LogP contribution in [0, 0.1) is 13.8 Å². The van der Waals surface area contributed by atoms with E-state index in [9.17, 15) is 4.79 Å². The molecule has 22 heavy (non-hydrogen) atoms. The number of aromatic nitrogens is 3. The number of nitrogens with zero attached hydrogens (tertiary/aromatic N) is 4. The molecule has 116 valence electrons. The van der Waals surface area contributed by atoms with E-state index in [1.165, 1.54) is 9.88 Å². The van der Waals surface area contributed by atoms with Gasteiger partial charge in [-0.2, -0.15) is 0 Å². The fraction of sp³-hybridized carbons (Fsp3) is 0.500. The van der Waals surface area contributed by atoms with Crippen molar-refractivity contribution in [2.45, 2.75) is 39.0 Å². The lowest BCUT2D eigenvalue weighted by atomic mass is 9.81. The molecular formula is C16H20N4OS. The van der Waals surface area contributed by atoms with Gasteiger partial charge in [-0.3, -0.25) is 4.79 Å². The summed E-state index contributed by atoms with van der Waals surface area (Å²) in [6, 6.07) is 1.69. The van der Waals surface area contributed by atoms with Gasteiger partial charge in [-0.25, -0.2) is 15.0 Å². The molecule has 6 heteroatoms. The average Bonchev–Trinajstić information content (AvgIpc) is 2.95. The first-order chi connectivity index (χ1) is 10.5. The Morgan fingerprint density at radius 2 is 2.00 bits per heavy atom. The van der Waals surface area contributed by atoms with Gasteiger partial charge in [0.05, 0.1) is 5.01 Å². The van der Waals surface area contributed by atoms with Gasteiger partial charge in [0.25, 0.3) is 5.91 Å². The molecule has 0 aromatic carbocycles. The lowest BCUT2D eigenvalue weighted by Crippen LogP contribution is -2.44. The van der Waals surface area contributed by atoms with E-state index in [4.69, 9.17) is 0 Å². The first kappa shape index (κ1) is 15.1. The topological polar surface area (TPSA) is 59.0 Å². The van der Waals surface area contributed by atoms with Crippen LogP contribution in [0.2, 0.25) is 0 Å². The molecule has 0 unspecified atom stereocenters. The maximum absolute atomic E-state index is 12.5. The summed E-state index contributed by atoms with van der Waals surface area (Å²) in [6.07, 6.45) is 5.46. The van der Waals surface area contributed by atoms with E-state index in [0.29, 0.717) is 11.5 Å². The third-order valence-corrected chi connectivity index (χ3v) is 5.51. The minimum absolute atomic E-state index is 0.00266. The summed E-state index contributed by atoms with van der Waals surface area (Å²) < 4.78 is 0. The van der Waals surface area contributed by atoms with Gasteiger partial charge in [0.2, 0.25) is 0 Å². The van der Waals surface area contributed by atoms with E-state index in [1.54, 1.807) is 30.5 Å². The molecule has 0 spiro atoms. The lowest BCUT2D eigenvalue weighted by Gasteiger charge is -2.38. The molecule has 0 N–H and O–H groups in total. The van der Waals surface area contributed by atoms with E-state index in [1.807, 2.05) is 11.1 Å². The van der Waals surface area contributed by atoms with Crippen molar-refractivity contribution in [3.8, 4) is 0 Å². The third kappa shape index (κ3) is 2.88. The Hall–Kier alpha value is -1.82. The Balaban J connectivity index is 1.70. The highest BCUT2D eigenvalue weighted by Gasteiger charge is 2.36. The van der Waals surface area contributed by atoms with Crippen LogP contribution in [0.1, 0.15) is 46.0 Å². The molecular weight excluding hydrogens is 296 g/mol. The van der Waals surface area contributed by atoms with E-state index < -0.39 is 0 Å². The van der Waals surface area contributed by atoms with Crippen LogP contribution < -0.4 is 0 Å². The van der Waals surface area contributed by atoms with Crippen LogP contribution in [0.4, 0.5) is 0 Å². The van der Waals surface area contributed by atoms with Gasteiger partial charge in [0.15, 0.2) is 0 Å². The van der Waals surface area contributed by atoms with Gasteiger partial charge in [-0.1, -0.05) is 6.92 Å². The zero-order chi connectivity index (χ0) is 15.7. The van der Waals surface area contributed by atoms with Crippen molar-refractivity contribution >= 4 is 17.2 Å². The predicted octanol–water partition coefficient (Wildman–Crippen LogP) is 2.74.